The number of hydrogen-bond donors (Lipinski definition) is 1. The molecule has 14 nitrogen and oxygen atoms in total. The molecule has 0 spiro atoms. The van der Waals surface area contributed by atoms with Gasteiger partial charge in [-0.15, -0.1) is 0 Å². The number of pyridine rings is 2. The number of nitrogens with two attached hydrogens (primary N) is 1. The summed E-state index contributed by atoms with van der Waals surface area (Å²) in [5.41, 5.74) is 9.04. The summed E-state index contributed by atoms with van der Waals surface area (Å²) in [6, 6.07) is 14.9. The summed E-state index contributed by atoms with van der Waals surface area (Å²) < 4.78 is 33.4. The van der Waals surface area contributed by atoms with Gasteiger partial charge in [-0.25, -0.2) is 9.59 Å². The van der Waals surface area contributed by atoms with E-state index < -0.39 is 23.1 Å². The standard InChI is InChI=1S/C40H50N4O8.C4H12N2/c1-39(2,3)51-37(45)35-31(47-9)19-25(20-32(35)48-10)29-15-13-27(23-41-29)43(7)17-18-44(8)28-14-16-30(42-24-28)26-21-33(49-11)36(34(22-26)50-12)38(46)52-40(4,5)6;1-6(2)4-3-5/h13-16,19-24H,17-18H2,1-12H3;3-5H2,1-2H3. The smallest absolute Gasteiger partial charge is 0.346 e. The Morgan fingerprint density at radius 3 is 1.10 bits per heavy atom. The second-order valence-corrected chi connectivity index (χ2v) is 15.8. The summed E-state index contributed by atoms with van der Waals surface area (Å²) >= 11 is 0. The third-order valence-electron chi connectivity index (χ3n) is 8.53. The monoisotopic (exact) mass is 802 g/mol. The van der Waals surface area contributed by atoms with Crippen LogP contribution in [0.4, 0.5) is 11.4 Å². The van der Waals surface area contributed by atoms with Gasteiger partial charge in [0.1, 0.15) is 45.3 Å². The van der Waals surface area contributed by atoms with Gasteiger partial charge in [-0.1, -0.05) is 0 Å². The molecule has 0 fully saturated rings. The van der Waals surface area contributed by atoms with Crippen LogP contribution in [0, 0.1) is 0 Å². The number of anilines is 2. The number of carbonyl (C=O) groups excluding carboxylic acids is 2. The average Bonchev–Trinajstić information content (AvgIpc) is 3.17. The minimum absolute atomic E-state index is 0.225. The van der Waals surface area contributed by atoms with E-state index in [-0.39, 0.29) is 11.1 Å². The second kappa shape index (κ2) is 20.7. The molecule has 2 aromatic heterocycles. The number of likely N-dealkylation sites (N-methyl/N-ethyl adjacent to an activating group) is 3. The maximum absolute atomic E-state index is 12.9. The Morgan fingerprint density at radius 1 is 0.569 bits per heavy atom. The first kappa shape index (κ1) is 46.8. The van der Waals surface area contributed by atoms with Crippen molar-refractivity contribution in [1.82, 2.24) is 14.9 Å². The zero-order chi connectivity index (χ0) is 43.4. The van der Waals surface area contributed by atoms with E-state index in [9.17, 15) is 9.59 Å². The minimum atomic E-state index is -0.671. The number of ether oxygens (including phenoxy) is 6. The van der Waals surface area contributed by atoms with Crippen LogP contribution in [0.1, 0.15) is 62.3 Å². The summed E-state index contributed by atoms with van der Waals surface area (Å²) in [4.78, 5) is 41.6. The predicted molar refractivity (Wildman–Crippen MR) is 230 cm³/mol. The minimum Gasteiger partial charge on any atom is -0.496 e. The molecule has 0 unspecified atom stereocenters. The van der Waals surface area contributed by atoms with Gasteiger partial charge in [0.25, 0.3) is 0 Å². The fourth-order valence-corrected chi connectivity index (χ4v) is 5.56. The van der Waals surface area contributed by atoms with Crippen molar-refractivity contribution in [3.63, 3.8) is 0 Å². The highest BCUT2D eigenvalue weighted by molar-refractivity contribution is 5.98. The van der Waals surface area contributed by atoms with Crippen molar-refractivity contribution in [2.45, 2.75) is 52.7 Å². The Labute approximate surface area is 344 Å². The molecule has 58 heavy (non-hydrogen) atoms. The van der Waals surface area contributed by atoms with Crippen LogP contribution in [0.3, 0.4) is 0 Å². The predicted octanol–water partition coefficient (Wildman–Crippen LogP) is 6.83. The number of esters is 2. The van der Waals surface area contributed by atoms with E-state index in [0.717, 1.165) is 35.6 Å². The van der Waals surface area contributed by atoms with E-state index in [4.69, 9.17) is 44.1 Å². The molecule has 14 heteroatoms. The maximum Gasteiger partial charge on any atom is 0.346 e. The van der Waals surface area contributed by atoms with Gasteiger partial charge in [-0.3, -0.25) is 9.97 Å². The van der Waals surface area contributed by atoms with E-state index in [2.05, 4.69) is 14.7 Å². The molecule has 2 aromatic carbocycles. The molecule has 0 amide bonds. The van der Waals surface area contributed by atoms with Crippen molar-refractivity contribution in [1.29, 1.82) is 0 Å². The number of hydrogen-bond acceptors (Lipinski definition) is 14. The molecule has 2 heterocycles. The molecule has 0 saturated carbocycles. The van der Waals surface area contributed by atoms with Gasteiger partial charge in [0.05, 0.1) is 63.6 Å². The lowest BCUT2D eigenvalue weighted by Gasteiger charge is -2.25. The molecule has 0 bridgehead atoms. The molecule has 0 aliphatic heterocycles. The molecular formula is C44H62N6O8. The normalized spacial score (nSPS) is 11.2. The SMILES string of the molecule is CN(C)CCN.COc1cc(-c2ccc(N(C)CCN(C)c3ccc(-c4cc(OC)c(C(=O)OC(C)(C)C)c(OC)c4)nc3)cn2)cc(OC)c1C(=O)OC(C)(C)C. The van der Waals surface area contributed by atoms with E-state index in [1.807, 2.05) is 106 Å². The number of rotatable bonds is 15. The number of carbonyl (C=O) groups is 2. The molecule has 0 atom stereocenters. The van der Waals surface area contributed by atoms with Gasteiger partial charge < -0.3 is 48.9 Å². The van der Waals surface area contributed by atoms with Crippen LogP contribution in [0.5, 0.6) is 23.0 Å². The van der Waals surface area contributed by atoms with Crippen molar-refractivity contribution >= 4 is 23.3 Å². The highest BCUT2D eigenvalue weighted by Gasteiger charge is 2.27. The van der Waals surface area contributed by atoms with Crippen molar-refractivity contribution in [2.24, 2.45) is 5.73 Å². The summed E-state index contributed by atoms with van der Waals surface area (Å²) in [5, 5.41) is 0. The van der Waals surface area contributed by atoms with Gasteiger partial charge in [0.15, 0.2) is 0 Å². The largest absolute Gasteiger partial charge is 0.496 e. The van der Waals surface area contributed by atoms with Crippen LogP contribution >= 0.6 is 0 Å². The van der Waals surface area contributed by atoms with Gasteiger partial charge in [-0.05, 0) is 104 Å². The zero-order valence-electron chi connectivity index (χ0n) is 36.7. The molecule has 316 valence electrons. The highest BCUT2D eigenvalue weighted by Crippen LogP contribution is 2.37. The first-order valence-corrected chi connectivity index (χ1v) is 18.9. The number of aromatic nitrogens is 2. The molecule has 0 aliphatic carbocycles. The number of methoxy groups -OCH3 is 4. The summed E-state index contributed by atoms with van der Waals surface area (Å²) in [6.45, 7) is 14.0. The third-order valence-corrected chi connectivity index (χ3v) is 8.53. The Hall–Kier alpha value is -5.60. The van der Waals surface area contributed by atoms with Crippen LogP contribution in [0.2, 0.25) is 0 Å². The quantitative estimate of drug-likeness (QED) is 0.125. The lowest BCUT2D eigenvalue weighted by Crippen LogP contribution is -2.30. The summed E-state index contributed by atoms with van der Waals surface area (Å²) in [5.74, 6) is 0.310. The molecule has 4 aromatic rings. The molecule has 0 aliphatic rings. The van der Waals surface area contributed by atoms with E-state index in [0.29, 0.717) is 47.5 Å². The van der Waals surface area contributed by atoms with Crippen molar-refractivity contribution in [2.75, 3.05) is 92.6 Å². The van der Waals surface area contributed by atoms with Gasteiger partial charge in [-0.2, -0.15) is 0 Å². The van der Waals surface area contributed by atoms with Gasteiger partial charge in [0, 0.05) is 51.4 Å². The van der Waals surface area contributed by atoms with Crippen LogP contribution < -0.4 is 34.5 Å². The lowest BCUT2D eigenvalue weighted by molar-refractivity contribution is 0.00502. The number of benzene rings is 2. The number of nitrogens with zero attached hydrogens (tertiary/aromatic N) is 5. The Kier molecular flexibility index (Phi) is 16.7. The first-order valence-electron chi connectivity index (χ1n) is 18.9. The van der Waals surface area contributed by atoms with Crippen molar-refractivity contribution < 1.29 is 38.0 Å². The molecule has 0 radical (unpaired) electrons. The van der Waals surface area contributed by atoms with E-state index in [1.54, 1.807) is 24.3 Å². The molecular weight excluding hydrogens is 741 g/mol. The van der Waals surface area contributed by atoms with Crippen molar-refractivity contribution in [3.05, 3.63) is 72.1 Å². The van der Waals surface area contributed by atoms with Gasteiger partial charge >= 0.3 is 11.9 Å². The fraction of sp³-hybridized carbons (Fsp3) is 0.455. The summed E-state index contributed by atoms with van der Waals surface area (Å²) in [7, 11) is 14.0. The van der Waals surface area contributed by atoms with Crippen LogP contribution in [-0.4, -0.2) is 121 Å². The highest BCUT2D eigenvalue weighted by atomic mass is 16.6. The van der Waals surface area contributed by atoms with Crippen molar-refractivity contribution in [3.8, 4) is 45.5 Å². The van der Waals surface area contributed by atoms with Gasteiger partial charge in [0.2, 0.25) is 0 Å². The zero-order valence-corrected chi connectivity index (χ0v) is 36.7. The molecule has 0 saturated heterocycles. The van der Waals surface area contributed by atoms with E-state index in [1.165, 1.54) is 28.4 Å². The second-order valence-electron chi connectivity index (χ2n) is 15.8. The fourth-order valence-electron chi connectivity index (χ4n) is 5.56. The van der Waals surface area contributed by atoms with Crippen LogP contribution in [-0.2, 0) is 9.47 Å². The van der Waals surface area contributed by atoms with E-state index >= 15 is 0 Å². The van der Waals surface area contributed by atoms with Crippen LogP contribution in [0.25, 0.3) is 22.5 Å². The van der Waals surface area contributed by atoms with Crippen LogP contribution in [0.15, 0.2) is 60.9 Å². The molecule has 2 N–H and O–H groups in total. The summed E-state index contributed by atoms with van der Waals surface area (Å²) in [6.07, 6.45) is 3.62. The molecule has 4 rings (SSSR count). The average molecular weight is 803 g/mol. The topological polar surface area (TPSA) is 151 Å². The Bertz CT molecular complexity index is 1770. The first-order chi connectivity index (χ1) is 27.2. The lowest BCUT2D eigenvalue weighted by atomic mass is 10.0. The Morgan fingerprint density at radius 2 is 0.897 bits per heavy atom. The Balaban J connectivity index is 0.00000139. The maximum atomic E-state index is 12.9. The third kappa shape index (κ3) is 13.2.